The summed E-state index contributed by atoms with van der Waals surface area (Å²) in [6.07, 6.45) is 5.10. The highest BCUT2D eigenvalue weighted by Crippen LogP contribution is 2.27. The lowest BCUT2D eigenvalue weighted by Gasteiger charge is -2.08. The van der Waals surface area contributed by atoms with Gasteiger partial charge in [-0.15, -0.1) is 0 Å². The number of urea groups is 1. The molecule has 25 heavy (non-hydrogen) atoms. The molecule has 0 aliphatic rings. The lowest BCUT2D eigenvalue weighted by atomic mass is 10.0. The Bertz CT molecular complexity index is 988. The Morgan fingerprint density at radius 1 is 1.12 bits per heavy atom. The number of benzene rings is 2. The topological polar surface area (TPSA) is 98.5 Å². The molecule has 0 aliphatic carbocycles. The minimum Gasteiger partial charge on any atom is -0.345 e. The molecule has 0 unspecified atom stereocenters. The van der Waals surface area contributed by atoms with Crippen molar-refractivity contribution in [1.82, 2.24) is 25.5 Å². The zero-order valence-corrected chi connectivity index (χ0v) is 13.3. The van der Waals surface area contributed by atoms with Crippen molar-refractivity contribution >= 4 is 22.8 Å². The summed E-state index contributed by atoms with van der Waals surface area (Å²) in [7, 11) is 0. The van der Waals surface area contributed by atoms with Gasteiger partial charge in [0.15, 0.2) is 0 Å². The summed E-state index contributed by atoms with van der Waals surface area (Å²) in [5.41, 5.74) is 5.66. The molecular formula is C18H16N6O. The van der Waals surface area contributed by atoms with E-state index in [1.54, 1.807) is 18.7 Å². The van der Waals surface area contributed by atoms with Gasteiger partial charge in [-0.3, -0.25) is 5.10 Å². The van der Waals surface area contributed by atoms with Crippen molar-refractivity contribution < 1.29 is 4.79 Å². The van der Waals surface area contributed by atoms with Gasteiger partial charge in [0.1, 0.15) is 0 Å². The fraction of sp³-hybridized carbons (Fsp3) is 0.0556. The molecule has 0 bridgehead atoms. The Labute approximate surface area is 143 Å². The van der Waals surface area contributed by atoms with Gasteiger partial charge in [0.25, 0.3) is 0 Å². The van der Waals surface area contributed by atoms with Crippen LogP contribution in [0.2, 0.25) is 0 Å². The Kier molecular flexibility index (Phi) is 3.88. The highest BCUT2D eigenvalue weighted by molar-refractivity contribution is 5.93. The van der Waals surface area contributed by atoms with Crippen molar-refractivity contribution in [3.05, 3.63) is 66.7 Å². The van der Waals surface area contributed by atoms with Crippen molar-refractivity contribution in [2.75, 3.05) is 5.32 Å². The summed E-state index contributed by atoms with van der Waals surface area (Å²) in [6.45, 7) is 0.418. The van der Waals surface area contributed by atoms with Crippen LogP contribution in [0.25, 0.3) is 22.2 Å². The number of anilines is 1. The van der Waals surface area contributed by atoms with Crippen LogP contribution < -0.4 is 10.6 Å². The number of hydrogen-bond acceptors (Lipinski definition) is 3. The van der Waals surface area contributed by atoms with E-state index in [4.69, 9.17) is 0 Å². The molecule has 0 aliphatic heterocycles. The first-order valence-corrected chi connectivity index (χ1v) is 7.84. The number of para-hydroxylation sites is 1. The van der Waals surface area contributed by atoms with Crippen LogP contribution in [0.5, 0.6) is 0 Å². The first-order valence-electron chi connectivity index (χ1n) is 7.84. The van der Waals surface area contributed by atoms with Crippen LogP contribution in [0, 0.1) is 0 Å². The quantitative estimate of drug-likeness (QED) is 0.461. The lowest BCUT2D eigenvalue weighted by molar-refractivity contribution is 0.251. The van der Waals surface area contributed by atoms with Gasteiger partial charge in [-0.25, -0.2) is 9.78 Å². The number of carbonyl (C=O) groups is 1. The van der Waals surface area contributed by atoms with E-state index in [2.05, 4.69) is 30.8 Å². The Morgan fingerprint density at radius 3 is 2.80 bits per heavy atom. The van der Waals surface area contributed by atoms with E-state index >= 15 is 0 Å². The maximum Gasteiger partial charge on any atom is 0.319 e. The summed E-state index contributed by atoms with van der Waals surface area (Å²) in [4.78, 5) is 19.4. The minimum absolute atomic E-state index is 0.261. The standard InChI is InChI=1S/C18H16N6O/c25-18(19-8-12-9-22-23-10-12)24-14-6-4-13(5-7-14)15-2-1-3-16-17(15)21-11-20-16/h1-7,9-11H,8H2,(H,20,21)(H,22,23)(H2,19,24,25). The molecule has 7 heteroatoms. The fourth-order valence-electron chi connectivity index (χ4n) is 2.66. The smallest absolute Gasteiger partial charge is 0.319 e. The molecular weight excluding hydrogens is 316 g/mol. The Hall–Kier alpha value is -3.61. The fourth-order valence-corrected chi connectivity index (χ4v) is 2.66. The predicted octanol–water partition coefficient (Wildman–Crippen LogP) is 3.27. The molecule has 4 aromatic rings. The van der Waals surface area contributed by atoms with E-state index < -0.39 is 0 Å². The largest absolute Gasteiger partial charge is 0.345 e. The van der Waals surface area contributed by atoms with Gasteiger partial charge in [-0.05, 0) is 23.8 Å². The van der Waals surface area contributed by atoms with Gasteiger partial charge >= 0.3 is 6.03 Å². The number of fused-ring (bicyclic) bond motifs is 1. The molecule has 0 fully saturated rings. The van der Waals surface area contributed by atoms with Gasteiger partial charge in [-0.1, -0.05) is 24.3 Å². The first kappa shape index (κ1) is 14.9. The number of nitrogens with zero attached hydrogens (tertiary/aromatic N) is 2. The molecule has 0 radical (unpaired) electrons. The zero-order chi connectivity index (χ0) is 17.1. The molecule has 0 saturated heterocycles. The van der Waals surface area contributed by atoms with Gasteiger partial charge in [0.05, 0.1) is 23.6 Å². The number of nitrogens with one attached hydrogen (secondary N) is 4. The van der Waals surface area contributed by atoms with Gasteiger partial charge < -0.3 is 15.6 Å². The summed E-state index contributed by atoms with van der Waals surface area (Å²) in [5.74, 6) is 0. The number of aromatic nitrogens is 4. The third-order valence-corrected chi connectivity index (χ3v) is 3.91. The summed E-state index contributed by atoms with van der Waals surface area (Å²) in [6, 6.07) is 13.4. The van der Waals surface area contributed by atoms with E-state index in [1.807, 2.05) is 42.5 Å². The number of carbonyl (C=O) groups excluding carboxylic acids is 1. The number of imidazole rings is 1. The second-order valence-electron chi connectivity index (χ2n) is 5.60. The minimum atomic E-state index is -0.261. The number of hydrogen-bond donors (Lipinski definition) is 4. The van der Waals surface area contributed by atoms with Crippen LogP contribution in [0.4, 0.5) is 10.5 Å². The first-order chi connectivity index (χ1) is 12.3. The Morgan fingerprint density at radius 2 is 2.00 bits per heavy atom. The maximum absolute atomic E-state index is 11.9. The number of aromatic amines is 2. The molecule has 0 saturated carbocycles. The van der Waals surface area contributed by atoms with Crippen molar-refractivity contribution in [3.63, 3.8) is 0 Å². The number of amides is 2. The van der Waals surface area contributed by atoms with Crippen LogP contribution in [0.3, 0.4) is 0 Å². The second-order valence-corrected chi connectivity index (χ2v) is 5.60. The highest BCUT2D eigenvalue weighted by atomic mass is 16.2. The van der Waals surface area contributed by atoms with Crippen LogP contribution in [0.15, 0.2) is 61.2 Å². The van der Waals surface area contributed by atoms with E-state index in [9.17, 15) is 4.79 Å². The normalized spacial score (nSPS) is 10.7. The average molecular weight is 332 g/mol. The van der Waals surface area contributed by atoms with E-state index in [0.717, 1.165) is 33.4 Å². The van der Waals surface area contributed by atoms with Gasteiger partial charge in [-0.2, -0.15) is 5.10 Å². The molecule has 4 rings (SSSR count). The lowest BCUT2D eigenvalue weighted by Crippen LogP contribution is -2.27. The van der Waals surface area contributed by atoms with E-state index in [0.29, 0.717) is 6.54 Å². The molecule has 4 N–H and O–H groups in total. The predicted molar refractivity (Wildman–Crippen MR) is 96.0 cm³/mol. The molecule has 2 amide bonds. The molecule has 124 valence electrons. The monoisotopic (exact) mass is 332 g/mol. The molecule has 2 heterocycles. The summed E-state index contributed by atoms with van der Waals surface area (Å²) >= 11 is 0. The van der Waals surface area contributed by atoms with Crippen LogP contribution in [0.1, 0.15) is 5.56 Å². The van der Waals surface area contributed by atoms with Crippen molar-refractivity contribution in [2.24, 2.45) is 0 Å². The van der Waals surface area contributed by atoms with Crippen molar-refractivity contribution in [1.29, 1.82) is 0 Å². The van der Waals surface area contributed by atoms with E-state index in [-0.39, 0.29) is 6.03 Å². The molecule has 2 aromatic heterocycles. The molecule has 2 aromatic carbocycles. The Balaban J connectivity index is 1.45. The third-order valence-electron chi connectivity index (χ3n) is 3.91. The second kappa shape index (κ2) is 6.48. The summed E-state index contributed by atoms with van der Waals surface area (Å²) < 4.78 is 0. The average Bonchev–Trinajstić information content (AvgIpc) is 3.32. The summed E-state index contributed by atoms with van der Waals surface area (Å²) in [5, 5.41) is 12.1. The molecule has 0 spiro atoms. The van der Waals surface area contributed by atoms with Crippen molar-refractivity contribution in [3.8, 4) is 11.1 Å². The molecule has 0 atom stereocenters. The van der Waals surface area contributed by atoms with Crippen LogP contribution >= 0.6 is 0 Å². The number of H-pyrrole nitrogens is 2. The van der Waals surface area contributed by atoms with Gasteiger partial charge in [0.2, 0.25) is 0 Å². The number of rotatable bonds is 4. The van der Waals surface area contributed by atoms with Crippen LogP contribution in [-0.2, 0) is 6.54 Å². The zero-order valence-electron chi connectivity index (χ0n) is 13.3. The van der Waals surface area contributed by atoms with Crippen LogP contribution in [-0.4, -0.2) is 26.2 Å². The SMILES string of the molecule is O=C(NCc1cn[nH]c1)Nc1ccc(-c2cccc3[nH]cnc23)cc1. The van der Waals surface area contributed by atoms with Gasteiger partial charge in [0, 0.05) is 29.6 Å². The van der Waals surface area contributed by atoms with Crippen molar-refractivity contribution in [2.45, 2.75) is 6.54 Å². The van der Waals surface area contributed by atoms with E-state index in [1.165, 1.54) is 0 Å². The highest BCUT2D eigenvalue weighted by Gasteiger charge is 2.07. The third kappa shape index (κ3) is 3.20. The maximum atomic E-state index is 11.9. The molecule has 7 nitrogen and oxygen atoms in total.